The predicted molar refractivity (Wildman–Crippen MR) is 100 cm³/mol. The van der Waals surface area contributed by atoms with Gasteiger partial charge in [0, 0.05) is 5.56 Å². The van der Waals surface area contributed by atoms with Crippen molar-refractivity contribution in [2.45, 2.75) is 12.7 Å². The van der Waals surface area contributed by atoms with Crippen LogP contribution < -0.4 is 4.74 Å². The Bertz CT molecular complexity index is 1030. The molecule has 0 unspecified atom stereocenters. The molecule has 0 saturated heterocycles. The lowest BCUT2D eigenvalue weighted by molar-refractivity contribution is 0.370. The van der Waals surface area contributed by atoms with Gasteiger partial charge < -0.3 is 14.5 Å². The minimum atomic E-state index is -4.26. The second-order valence-electron chi connectivity index (χ2n) is 6.04. The molecular formula is C19H18N3O4P. The lowest BCUT2D eigenvalue weighted by Gasteiger charge is -2.09. The minimum absolute atomic E-state index is 0.358. The summed E-state index contributed by atoms with van der Waals surface area (Å²) in [5.74, 6) is 0.726. The van der Waals surface area contributed by atoms with E-state index in [9.17, 15) is 14.4 Å². The summed E-state index contributed by atoms with van der Waals surface area (Å²) < 4.78 is 18.2. The number of methoxy groups -OCH3 is 1. The number of nitrogens with zero attached hydrogens (tertiary/aromatic N) is 3. The molecule has 0 fully saturated rings. The molecule has 0 spiro atoms. The van der Waals surface area contributed by atoms with Gasteiger partial charge >= 0.3 is 7.60 Å². The standard InChI is InChI=1S/C19H18N3O4P/c1-26-18-7-5-14(6-8-18)12-22-17(13-27(23,24)25)10-19(21-22)16-4-2-3-15(9-16)11-20/h2-10H,12-13H2,1H3,(H2,23,24,25). The number of hydrogen-bond donors (Lipinski definition) is 2. The first-order valence-electron chi connectivity index (χ1n) is 8.13. The highest BCUT2D eigenvalue weighted by Gasteiger charge is 2.20. The fraction of sp³-hybridized carbons (Fsp3) is 0.158. The summed E-state index contributed by atoms with van der Waals surface area (Å²) in [4.78, 5) is 18.8. The van der Waals surface area contributed by atoms with Gasteiger partial charge in [0.15, 0.2) is 0 Å². The van der Waals surface area contributed by atoms with Crippen LogP contribution in [0, 0.1) is 11.3 Å². The van der Waals surface area contributed by atoms with Crippen molar-refractivity contribution in [3.05, 3.63) is 71.4 Å². The van der Waals surface area contributed by atoms with E-state index in [0.29, 0.717) is 23.5 Å². The Morgan fingerprint density at radius 3 is 2.56 bits per heavy atom. The molecule has 0 aliphatic heterocycles. The van der Waals surface area contributed by atoms with E-state index < -0.39 is 13.8 Å². The summed E-state index contributed by atoms with van der Waals surface area (Å²) in [6.45, 7) is 0.358. The minimum Gasteiger partial charge on any atom is -0.497 e. The van der Waals surface area contributed by atoms with Crippen molar-refractivity contribution in [1.29, 1.82) is 5.26 Å². The Labute approximate surface area is 156 Å². The Kier molecular flexibility index (Phi) is 5.43. The Morgan fingerprint density at radius 2 is 1.93 bits per heavy atom. The van der Waals surface area contributed by atoms with E-state index in [0.717, 1.165) is 16.9 Å². The van der Waals surface area contributed by atoms with Crippen molar-refractivity contribution in [1.82, 2.24) is 9.78 Å². The topological polar surface area (TPSA) is 108 Å². The third-order valence-electron chi connectivity index (χ3n) is 4.01. The van der Waals surface area contributed by atoms with Crippen LogP contribution in [0.5, 0.6) is 5.75 Å². The van der Waals surface area contributed by atoms with Gasteiger partial charge in [-0.25, -0.2) is 0 Å². The molecule has 7 nitrogen and oxygen atoms in total. The quantitative estimate of drug-likeness (QED) is 0.633. The van der Waals surface area contributed by atoms with Gasteiger partial charge in [-0.05, 0) is 35.9 Å². The molecule has 138 valence electrons. The molecule has 3 aromatic rings. The third kappa shape index (κ3) is 4.83. The van der Waals surface area contributed by atoms with E-state index in [-0.39, 0.29) is 0 Å². The molecule has 0 atom stereocenters. The summed E-state index contributed by atoms with van der Waals surface area (Å²) in [7, 11) is -2.67. The number of benzene rings is 2. The van der Waals surface area contributed by atoms with Crippen molar-refractivity contribution >= 4 is 7.60 Å². The van der Waals surface area contributed by atoms with Crippen molar-refractivity contribution in [3.8, 4) is 23.1 Å². The van der Waals surface area contributed by atoms with Gasteiger partial charge in [-0.3, -0.25) is 9.25 Å². The fourth-order valence-electron chi connectivity index (χ4n) is 2.72. The van der Waals surface area contributed by atoms with Crippen molar-refractivity contribution in [2.24, 2.45) is 0 Å². The average Bonchev–Trinajstić information content (AvgIpc) is 3.03. The van der Waals surface area contributed by atoms with Gasteiger partial charge in [-0.15, -0.1) is 0 Å². The van der Waals surface area contributed by atoms with Crippen molar-refractivity contribution < 1.29 is 19.1 Å². The highest BCUT2D eigenvalue weighted by Crippen LogP contribution is 2.40. The Balaban J connectivity index is 1.98. The monoisotopic (exact) mass is 383 g/mol. The average molecular weight is 383 g/mol. The van der Waals surface area contributed by atoms with Gasteiger partial charge in [0.05, 0.1) is 42.8 Å². The summed E-state index contributed by atoms with van der Waals surface area (Å²) >= 11 is 0. The number of hydrogen-bond acceptors (Lipinski definition) is 4. The first kappa shape index (κ1) is 18.9. The Hall–Kier alpha value is -2.91. The van der Waals surface area contributed by atoms with E-state index in [2.05, 4.69) is 11.2 Å². The van der Waals surface area contributed by atoms with Gasteiger partial charge in [0.1, 0.15) is 5.75 Å². The third-order valence-corrected chi connectivity index (χ3v) is 4.75. The number of ether oxygens (including phenoxy) is 1. The van der Waals surface area contributed by atoms with E-state index >= 15 is 0 Å². The molecular weight excluding hydrogens is 365 g/mol. The molecule has 2 aromatic carbocycles. The smallest absolute Gasteiger partial charge is 0.331 e. The van der Waals surface area contributed by atoms with Crippen molar-refractivity contribution in [2.75, 3.05) is 7.11 Å². The van der Waals surface area contributed by atoms with E-state index in [1.54, 1.807) is 36.1 Å². The van der Waals surface area contributed by atoms with Gasteiger partial charge in [-0.2, -0.15) is 10.4 Å². The summed E-state index contributed by atoms with van der Waals surface area (Å²) in [5, 5.41) is 13.6. The van der Waals surface area contributed by atoms with Crippen LogP contribution in [0.4, 0.5) is 0 Å². The van der Waals surface area contributed by atoms with Gasteiger partial charge in [0.2, 0.25) is 0 Å². The molecule has 0 bridgehead atoms. The molecule has 0 aliphatic rings. The molecule has 0 radical (unpaired) electrons. The van der Waals surface area contributed by atoms with Crippen molar-refractivity contribution in [3.63, 3.8) is 0 Å². The summed E-state index contributed by atoms with van der Waals surface area (Å²) in [6.07, 6.45) is -0.409. The first-order chi connectivity index (χ1) is 12.9. The van der Waals surface area contributed by atoms with E-state index in [4.69, 9.17) is 10.00 Å². The molecule has 1 heterocycles. The maximum atomic E-state index is 11.5. The summed E-state index contributed by atoms with van der Waals surface area (Å²) in [5.41, 5.74) is 3.12. The van der Waals surface area contributed by atoms with Crippen LogP contribution in [0.3, 0.4) is 0 Å². The number of rotatable bonds is 6. The van der Waals surface area contributed by atoms with Crippen LogP contribution in [0.2, 0.25) is 0 Å². The van der Waals surface area contributed by atoms with Crippen LogP contribution in [0.25, 0.3) is 11.3 Å². The largest absolute Gasteiger partial charge is 0.497 e. The molecule has 0 aliphatic carbocycles. The zero-order valence-corrected chi connectivity index (χ0v) is 15.5. The second-order valence-corrected chi connectivity index (χ2v) is 7.69. The van der Waals surface area contributed by atoms with Crippen LogP contribution >= 0.6 is 7.60 Å². The van der Waals surface area contributed by atoms with Gasteiger partial charge in [-0.1, -0.05) is 24.3 Å². The van der Waals surface area contributed by atoms with E-state index in [1.165, 1.54) is 0 Å². The van der Waals surface area contributed by atoms with E-state index in [1.807, 2.05) is 30.3 Å². The first-order valence-corrected chi connectivity index (χ1v) is 9.92. The lowest BCUT2D eigenvalue weighted by atomic mass is 10.1. The normalized spacial score (nSPS) is 11.2. The van der Waals surface area contributed by atoms with Gasteiger partial charge in [0.25, 0.3) is 0 Å². The molecule has 0 saturated carbocycles. The molecule has 27 heavy (non-hydrogen) atoms. The SMILES string of the molecule is COc1ccc(Cn2nc(-c3cccc(C#N)c3)cc2CP(=O)(O)O)cc1. The maximum absolute atomic E-state index is 11.5. The lowest BCUT2D eigenvalue weighted by Crippen LogP contribution is -2.06. The number of nitriles is 1. The van der Waals surface area contributed by atoms with Crippen LogP contribution in [-0.2, 0) is 17.3 Å². The molecule has 2 N–H and O–H groups in total. The maximum Gasteiger partial charge on any atom is 0.331 e. The fourth-order valence-corrected chi connectivity index (χ4v) is 3.40. The van der Waals surface area contributed by atoms with Crippen LogP contribution in [0.15, 0.2) is 54.6 Å². The zero-order chi connectivity index (χ0) is 19.4. The Morgan fingerprint density at radius 1 is 1.19 bits per heavy atom. The molecule has 0 amide bonds. The van der Waals surface area contributed by atoms with Crippen LogP contribution in [-0.4, -0.2) is 26.7 Å². The molecule has 3 rings (SSSR count). The molecule has 8 heteroatoms. The zero-order valence-electron chi connectivity index (χ0n) is 14.6. The molecule has 1 aromatic heterocycles. The highest BCUT2D eigenvalue weighted by atomic mass is 31.2. The number of aromatic nitrogens is 2. The predicted octanol–water partition coefficient (Wildman–Crippen LogP) is 3.16. The van der Waals surface area contributed by atoms with Crippen LogP contribution in [0.1, 0.15) is 16.8 Å². The second kappa shape index (κ2) is 7.77. The summed E-state index contributed by atoms with van der Waals surface area (Å²) in [6, 6.07) is 18.1. The highest BCUT2D eigenvalue weighted by molar-refractivity contribution is 7.50.